The molecule has 2 aromatic carbocycles. The SMILES string of the molecule is NC(=O)c1ccc2c(c1)CCN(Cc1cccc(Cl)c1)C2. The monoisotopic (exact) mass is 300 g/mol. The fourth-order valence-electron chi connectivity index (χ4n) is 2.79. The van der Waals surface area contributed by atoms with Crippen molar-refractivity contribution in [3.63, 3.8) is 0 Å². The third kappa shape index (κ3) is 3.26. The summed E-state index contributed by atoms with van der Waals surface area (Å²) in [5, 5.41) is 0.774. The van der Waals surface area contributed by atoms with Crippen LogP contribution in [0.25, 0.3) is 0 Å². The van der Waals surface area contributed by atoms with Crippen molar-refractivity contribution < 1.29 is 4.79 Å². The van der Waals surface area contributed by atoms with Crippen molar-refractivity contribution in [3.8, 4) is 0 Å². The van der Waals surface area contributed by atoms with Crippen molar-refractivity contribution in [2.45, 2.75) is 19.5 Å². The fourth-order valence-corrected chi connectivity index (χ4v) is 3.01. The molecule has 3 rings (SSSR count). The maximum atomic E-state index is 11.2. The van der Waals surface area contributed by atoms with E-state index in [1.165, 1.54) is 16.7 Å². The third-order valence-electron chi connectivity index (χ3n) is 3.88. The molecule has 1 heterocycles. The zero-order valence-electron chi connectivity index (χ0n) is 11.7. The number of rotatable bonds is 3. The maximum Gasteiger partial charge on any atom is 0.248 e. The molecule has 0 fully saturated rings. The van der Waals surface area contributed by atoms with Gasteiger partial charge in [-0.25, -0.2) is 0 Å². The molecule has 0 saturated carbocycles. The highest BCUT2D eigenvalue weighted by Gasteiger charge is 2.17. The lowest BCUT2D eigenvalue weighted by Gasteiger charge is -2.29. The minimum absolute atomic E-state index is 0.362. The Bertz CT molecular complexity index is 684. The van der Waals surface area contributed by atoms with Gasteiger partial charge in [-0.1, -0.05) is 29.8 Å². The van der Waals surface area contributed by atoms with Crippen LogP contribution in [0.2, 0.25) is 5.02 Å². The second-order valence-corrected chi connectivity index (χ2v) is 5.87. The lowest BCUT2D eigenvalue weighted by atomic mass is 9.96. The molecule has 0 unspecified atom stereocenters. The second kappa shape index (κ2) is 5.88. The smallest absolute Gasteiger partial charge is 0.248 e. The molecule has 3 nitrogen and oxygen atoms in total. The van der Waals surface area contributed by atoms with Crippen LogP contribution in [0, 0.1) is 0 Å². The summed E-state index contributed by atoms with van der Waals surface area (Å²) >= 11 is 6.03. The number of hydrogen-bond donors (Lipinski definition) is 1. The largest absolute Gasteiger partial charge is 0.366 e. The number of nitrogens with zero attached hydrogens (tertiary/aromatic N) is 1. The number of fused-ring (bicyclic) bond motifs is 1. The lowest BCUT2D eigenvalue weighted by Crippen LogP contribution is -2.30. The number of amides is 1. The fraction of sp³-hybridized carbons (Fsp3) is 0.235. The van der Waals surface area contributed by atoms with E-state index in [4.69, 9.17) is 17.3 Å². The van der Waals surface area contributed by atoms with Gasteiger partial charge in [0.2, 0.25) is 5.91 Å². The van der Waals surface area contributed by atoms with Gasteiger partial charge in [0, 0.05) is 30.2 Å². The molecule has 108 valence electrons. The van der Waals surface area contributed by atoms with Gasteiger partial charge in [0.15, 0.2) is 0 Å². The van der Waals surface area contributed by atoms with Crippen LogP contribution < -0.4 is 5.73 Å². The molecule has 1 aliphatic rings. The number of nitrogens with two attached hydrogens (primary N) is 1. The van der Waals surface area contributed by atoms with Gasteiger partial charge in [0.1, 0.15) is 0 Å². The number of carbonyl (C=O) groups excluding carboxylic acids is 1. The van der Waals surface area contributed by atoms with Gasteiger partial charge < -0.3 is 5.73 Å². The number of carbonyl (C=O) groups is 1. The molecule has 4 heteroatoms. The quantitative estimate of drug-likeness (QED) is 0.947. The van der Waals surface area contributed by atoms with Crippen molar-refractivity contribution in [1.82, 2.24) is 4.90 Å². The summed E-state index contributed by atoms with van der Waals surface area (Å²) in [7, 11) is 0. The van der Waals surface area contributed by atoms with E-state index in [-0.39, 0.29) is 5.91 Å². The second-order valence-electron chi connectivity index (χ2n) is 5.44. The van der Waals surface area contributed by atoms with Gasteiger partial charge in [-0.15, -0.1) is 0 Å². The van der Waals surface area contributed by atoms with Crippen LogP contribution in [-0.2, 0) is 19.5 Å². The van der Waals surface area contributed by atoms with Crippen LogP contribution in [-0.4, -0.2) is 17.4 Å². The minimum atomic E-state index is -0.362. The summed E-state index contributed by atoms with van der Waals surface area (Å²) in [5.41, 5.74) is 9.65. The number of hydrogen-bond acceptors (Lipinski definition) is 2. The van der Waals surface area contributed by atoms with Crippen molar-refractivity contribution in [3.05, 3.63) is 69.7 Å². The highest BCUT2D eigenvalue weighted by atomic mass is 35.5. The predicted octanol–water partition coefficient (Wildman–Crippen LogP) is 3.00. The summed E-state index contributed by atoms with van der Waals surface area (Å²) in [5.74, 6) is -0.362. The van der Waals surface area contributed by atoms with Crippen LogP contribution in [0.5, 0.6) is 0 Å². The van der Waals surface area contributed by atoms with Crippen molar-refractivity contribution in [2.24, 2.45) is 5.73 Å². The Hall–Kier alpha value is -1.84. The van der Waals surface area contributed by atoms with E-state index in [0.29, 0.717) is 5.56 Å². The first-order valence-electron chi connectivity index (χ1n) is 7.00. The Morgan fingerprint density at radius 3 is 2.81 bits per heavy atom. The Morgan fingerprint density at radius 1 is 1.19 bits per heavy atom. The molecule has 0 atom stereocenters. The van der Waals surface area contributed by atoms with Crippen LogP contribution in [0.3, 0.4) is 0 Å². The van der Waals surface area contributed by atoms with E-state index in [9.17, 15) is 4.79 Å². The standard InChI is InChI=1S/C17H17ClN2O/c18-16-3-1-2-12(8-16)10-20-7-6-13-9-14(17(19)21)4-5-15(13)11-20/h1-5,8-9H,6-7,10-11H2,(H2,19,21). The van der Waals surface area contributed by atoms with E-state index >= 15 is 0 Å². The molecular formula is C17H17ClN2O. The van der Waals surface area contributed by atoms with E-state index in [0.717, 1.165) is 31.1 Å². The van der Waals surface area contributed by atoms with Crippen molar-refractivity contribution in [1.29, 1.82) is 0 Å². The molecule has 1 amide bonds. The lowest BCUT2D eigenvalue weighted by molar-refractivity contribution is 0.1000. The van der Waals surface area contributed by atoms with E-state index in [1.807, 2.05) is 36.4 Å². The number of benzene rings is 2. The number of halogens is 1. The molecule has 0 spiro atoms. The van der Waals surface area contributed by atoms with Crippen LogP contribution in [0.15, 0.2) is 42.5 Å². The van der Waals surface area contributed by atoms with Gasteiger partial charge in [-0.05, 0) is 47.4 Å². The van der Waals surface area contributed by atoms with Crippen LogP contribution in [0.1, 0.15) is 27.0 Å². The Morgan fingerprint density at radius 2 is 2.05 bits per heavy atom. The van der Waals surface area contributed by atoms with Gasteiger partial charge in [0.25, 0.3) is 0 Å². The molecule has 0 aliphatic carbocycles. The summed E-state index contributed by atoms with van der Waals surface area (Å²) in [6.07, 6.45) is 0.941. The van der Waals surface area contributed by atoms with Gasteiger partial charge in [-0.2, -0.15) is 0 Å². The zero-order chi connectivity index (χ0) is 14.8. The van der Waals surface area contributed by atoms with Crippen molar-refractivity contribution in [2.75, 3.05) is 6.54 Å². The summed E-state index contributed by atoms with van der Waals surface area (Å²) in [6, 6.07) is 13.7. The van der Waals surface area contributed by atoms with Crippen molar-refractivity contribution >= 4 is 17.5 Å². The van der Waals surface area contributed by atoms with Gasteiger partial charge in [-0.3, -0.25) is 9.69 Å². The Labute approximate surface area is 129 Å². The first-order chi connectivity index (χ1) is 10.1. The zero-order valence-corrected chi connectivity index (χ0v) is 12.4. The third-order valence-corrected chi connectivity index (χ3v) is 4.11. The minimum Gasteiger partial charge on any atom is -0.366 e. The molecule has 1 aliphatic heterocycles. The summed E-state index contributed by atoms with van der Waals surface area (Å²) in [6.45, 7) is 2.75. The Kier molecular flexibility index (Phi) is 3.95. The highest BCUT2D eigenvalue weighted by Crippen LogP contribution is 2.22. The molecule has 2 aromatic rings. The summed E-state index contributed by atoms with van der Waals surface area (Å²) < 4.78 is 0. The maximum absolute atomic E-state index is 11.2. The molecule has 2 N–H and O–H groups in total. The average molecular weight is 301 g/mol. The molecule has 0 bridgehead atoms. The van der Waals surface area contributed by atoms with E-state index in [2.05, 4.69) is 11.0 Å². The number of primary amides is 1. The first kappa shape index (κ1) is 14.1. The predicted molar refractivity (Wildman–Crippen MR) is 84.2 cm³/mol. The van der Waals surface area contributed by atoms with E-state index in [1.54, 1.807) is 0 Å². The van der Waals surface area contributed by atoms with Gasteiger partial charge >= 0.3 is 0 Å². The molecule has 0 radical (unpaired) electrons. The average Bonchev–Trinajstić information content (AvgIpc) is 2.46. The normalized spacial score (nSPS) is 14.7. The van der Waals surface area contributed by atoms with Crippen LogP contribution in [0.4, 0.5) is 0 Å². The topological polar surface area (TPSA) is 46.3 Å². The Balaban J connectivity index is 1.74. The molecule has 0 saturated heterocycles. The van der Waals surface area contributed by atoms with Crippen LogP contribution >= 0.6 is 11.6 Å². The molecule has 21 heavy (non-hydrogen) atoms. The molecular weight excluding hydrogens is 284 g/mol. The molecule has 0 aromatic heterocycles. The first-order valence-corrected chi connectivity index (χ1v) is 7.38. The van der Waals surface area contributed by atoms with Gasteiger partial charge in [0.05, 0.1) is 0 Å². The highest BCUT2D eigenvalue weighted by molar-refractivity contribution is 6.30. The van der Waals surface area contributed by atoms with E-state index < -0.39 is 0 Å². The summed E-state index contributed by atoms with van der Waals surface area (Å²) in [4.78, 5) is 13.6.